The second-order valence-corrected chi connectivity index (χ2v) is 6.41. The molecule has 0 saturated carbocycles. The van der Waals surface area contributed by atoms with Crippen LogP contribution in [0.15, 0.2) is 18.3 Å². The van der Waals surface area contributed by atoms with Crippen LogP contribution in [0.3, 0.4) is 0 Å². The number of nitrogens with zero attached hydrogens (tertiary/aromatic N) is 3. The van der Waals surface area contributed by atoms with Crippen LogP contribution in [0.4, 0.5) is 5.82 Å². The van der Waals surface area contributed by atoms with Crippen molar-refractivity contribution in [1.29, 1.82) is 0 Å². The summed E-state index contributed by atoms with van der Waals surface area (Å²) in [6.45, 7) is 6.68. The minimum absolute atomic E-state index is 0. The van der Waals surface area contributed by atoms with Gasteiger partial charge in [-0.25, -0.2) is 4.98 Å². The Kier molecular flexibility index (Phi) is 8.81. The Bertz CT molecular complexity index is 504. The molecule has 2 fully saturated rings. The quantitative estimate of drug-likeness (QED) is 0.864. The number of piperazine rings is 1. The molecule has 1 N–H and O–H groups in total. The molecule has 136 valence electrons. The zero-order chi connectivity index (χ0) is 15.4. The van der Waals surface area contributed by atoms with Crippen molar-refractivity contribution in [2.75, 3.05) is 37.6 Å². The molecule has 0 bridgehead atoms. The summed E-state index contributed by atoms with van der Waals surface area (Å²) in [5.74, 6) is 1.11. The van der Waals surface area contributed by atoms with E-state index in [2.05, 4.69) is 22.1 Å². The third-order valence-corrected chi connectivity index (χ3v) is 4.58. The minimum atomic E-state index is 0. The third-order valence-electron chi connectivity index (χ3n) is 4.58. The van der Waals surface area contributed by atoms with E-state index in [1.165, 1.54) is 25.7 Å². The summed E-state index contributed by atoms with van der Waals surface area (Å²) < 4.78 is 0. The highest BCUT2D eigenvalue weighted by atomic mass is 35.5. The van der Waals surface area contributed by atoms with E-state index in [1.54, 1.807) is 6.20 Å². The highest BCUT2D eigenvalue weighted by molar-refractivity contribution is 5.94. The fraction of sp³-hybridized carbons (Fsp3) is 0.647. The summed E-state index contributed by atoms with van der Waals surface area (Å²) in [5, 5.41) is 3.36. The first kappa shape index (κ1) is 21.0. The Morgan fingerprint density at radius 3 is 2.42 bits per heavy atom. The summed E-state index contributed by atoms with van der Waals surface area (Å²) >= 11 is 0. The number of pyridine rings is 1. The molecule has 1 aromatic rings. The van der Waals surface area contributed by atoms with Gasteiger partial charge in [0.2, 0.25) is 0 Å². The lowest BCUT2D eigenvalue weighted by molar-refractivity contribution is 0.0708. The summed E-state index contributed by atoms with van der Waals surface area (Å²) in [6, 6.07) is 4.30. The summed E-state index contributed by atoms with van der Waals surface area (Å²) in [6.07, 6.45) is 6.85. The van der Waals surface area contributed by atoms with Crippen molar-refractivity contribution in [3.8, 4) is 0 Å². The number of rotatable bonds is 2. The molecule has 7 heteroatoms. The van der Waals surface area contributed by atoms with Crippen LogP contribution in [0, 0.1) is 0 Å². The van der Waals surface area contributed by atoms with Gasteiger partial charge < -0.3 is 15.1 Å². The molecular formula is C17H28Cl2N4O. The van der Waals surface area contributed by atoms with Crippen LogP contribution in [-0.2, 0) is 0 Å². The topological polar surface area (TPSA) is 48.5 Å². The number of nitrogens with one attached hydrogen (secondary N) is 1. The van der Waals surface area contributed by atoms with Crippen LogP contribution in [0.5, 0.6) is 0 Å². The fourth-order valence-electron chi connectivity index (χ4n) is 3.30. The average molecular weight is 375 g/mol. The molecule has 24 heavy (non-hydrogen) atoms. The fourth-order valence-corrected chi connectivity index (χ4v) is 3.30. The van der Waals surface area contributed by atoms with Crippen molar-refractivity contribution in [3.05, 3.63) is 23.9 Å². The van der Waals surface area contributed by atoms with Gasteiger partial charge in [0.15, 0.2) is 0 Å². The van der Waals surface area contributed by atoms with E-state index < -0.39 is 0 Å². The predicted molar refractivity (Wildman–Crippen MR) is 103 cm³/mol. The summed E-state index contributed by atoms with van der Waals surface area (Å²) in [7, 11) is 0. The lowest BCUT2D eigenvalue weighted by Crippen LogP contribution is -2.51. The van der Waals surface area contributed by atoms with E-state index in [4.69, 9.17) is 0 Å². The van der Waals surface area contributed by atoms with E-state index in [1.807, 2.05) is 17.0 Å². The van der Waals surface area contributed by atoms with Gasteiger partial charge in [-0.3, -0.25) is 4.79 Å². The molecule has 1 unspecified atom stereocenters. The highest BCUT2D eigenvalue weighted by Gasteiger charge is 2.22. The second-order valence-electron chi connectivity index (χ2n) is 6.41. The van der Waals surface area contributed by atoms with Crippen molar-refractivity contribution in [3.63, 3.8) is 0 Å². The average Bonchev–Trinajstić information content (AvgIpc) is 2.84. The Labute approximate surface area is 157 Å². The molecule has 0 aliphatic carbocycles. The van der Waals surface area contributed by atoms with Crippen LogP contribution in [0.1, 0.15) is 43.0 Å². The molecule has 2 saturated heterocycles. The van der Waals surface area contributed by atoms with Crippen LogP contribution in [0.25, 0.3) is 0 Å². The standard InChI is InChI=1S/C17H26N4O.2ClH/c1-14-13-21(11-8-18-14)17(22)15-6-7-16(19-12-15)20-9-4-2-3-5-10-20;;/h6-7,12,14,18H,2-5,8-11,13H2,1H3;2*1H. The zero-order valence-corrected chi connectivity index (χ0v) is 15.9. The molecule has 2 aliphatic rings. The number of hydrogen-bond donors (Lipinski definition) is 1. The van der Waals surface area contributed by atoms with Crippen LogP contribution in [-0.4, -0.2) is 54.6 Å². The number of carbonyl (C=O) groups is 1. The van der Waals surface area contributed by atoms with Crippen LogP contribution in [0.2, 0.25) is 0 Å². The van der Waals surface area contributed by atoms with Crippen molar-refractivity contribution < 1.29 is 4.79 Å². The summed E-state index contributed by atoms with van der Waals surface area (Å²) in [4.78, 5) is 21.3. The lowest BCUT2D eigenvalue weighted by Gasteiger charge is -2.32. The zero-order valence-electron chi connectivity index (χ0n) is 14.2. The highest BCUT2D eigenvalue weighted by Crippen LogP contribution is 2.18. The second kappa shape index (κ2) is 10.1. The van der Waals surface area contributed by atoms with Gasteiger partial charge in [-0.2, -0.15) is 0 Å². The van der Waals surface area contributed by atoms with Crippen molar-refractivity contribution in [1.82, 2.24) is 15.2 Å². The van der Waals surface area contributed by atoms with Gasteiger partial charge in [-0.15, -0.1) is 24.8 Å². The molecule has 1 amide bonds. The van der Waals surface area contributed by atoms with E-state index in [0.717, 1.165) is 38.5 Å². The van der Waals surface area contributed by atoms with Crippen LogP contribution >= 0.6 is 24.8 Å². The molecule has 2 aliphatic heterocycles. The van der Waals surface area contributed by atoms with Gasteiger partial charge in [0.25, 0.3) is 5.91 Å². The molecule has 5 nitrogen and oxygen atoms in total. The van der Waals surface area contributed by atoms with Crippen molar-refractivity contribution in [2.45, 2.75) is 38.6 Å². The number of amides is 1. The van der Waals surface area contributed by atoms with E-state index in [-0.39, 0.29) is 30.7 Å². The smallest absolute Gasteiger partial charge is 0.255 e. The normalized spacial score (nSPS) is 21.3. The Morgan fingerprint density at radius 1 is 1.12 bits per heavy atom. The maximum absolute atomic E-state index is 12.5. The van der Waals surface area contributed by atoms with Crippen molar-refractivity contribution >= 4 is 36.5 Å². The molecule has 3 rings (SSSR count). The SMILES string of the molecule is CC1CN(C(=O)c2ccc(N3CCCCCC3)nc2)CCN1.Cl.Cl. The predicted octanol–water partition coefficient (Wildman–Crippen LogP) is 2.74. The van der Waals surface area contributed by atoms with E-state index in [0.29, 0.717) is 11.6 Å². The maximum Gasteiger partial charge on any atom is 0.255 e. The first-order valence-electron chi connectivity index (χ1n) is 8.48. The maximum atomic E-state index is 12.5. The third kappa shape index (κ3) is 5.23. The summed E-state index contributed by atoms with van der Waals surface area (Å²) in [5.41, 5.74) is 0.702. The Balaban J connectivity index is 0.00000144. The Hall–Kier alpha value is -1.04. The molecule has 1 atom stereocenters. The molecular weight excluding hydrogens is 347 g/mol. The molecule has 0 radical (unpaired) electrons. The Morgan fingerprint density at radius 2 is 1.83 bits per heavy atom. The number of halogens is 2. The first-order chi connectivity index (χ1) is 10.7. The molecule has 0 aromatic carbocycles. The first-order valence-corrected chi connectivity index (χ1v) is 8.48. The number of hydrogen-bond acceptors (Lipinski definition) is 4. The van der Waals surface area contributed by atoms with Crippen LogP contribution < -0.4 is 10.2 Å². The lowest BCUT2D eigenvalue weighted by atomic mass is 10.2. The van der Waals surface area contributed by atoms with Gasteiger partial charge in [0.05, 0.1) is 5.56 Å². The monoisotopic (exact) mass is 374 g/mol. The number of aromatic nitrogens is 1. The minimum Gasteiger partial charge on any atom is -0.357 e. The van der Waals surface area contributed by atoms with Gasteiger partial charge in [-0.05, 0) is 31.9 Å². The van der Waals surface area contributed by atoms with E-state index >= 15 is 0 Å². The number of anilines is 1. The molecule has 3 heterocycles. The van der Waals surface area contributed by atoms with Gasteiger partial charge >= 0.3 is 0 Å². The van der Waals surface area contributed by atoms with E-state index in [9.17, 15) is 4.79 Å². The van der Waals surface area contributed by atoms with Gasteiger partial charge in [-0.1, -0.05) is 12.8 Å². The van der Waals surface area contributed by atoms with Crippen molar-refractivity contribution in [2.24, 2.45) is 0 Å². The largest absolute Gasteiger partial charge is 0.357 e. The van der Waals surface area contributed by atoms with Gasteiger partial charge in [0, 0.05) is 45.0 Å². The van der Waals surface area contributed by atoms with Gasteiger partial charge in [0.1, 0.15) is 5.82 Å². The molecule has 1 aromatic heterocycles. The molecule has 0 spiro atoms. The number of carbonyl (C=O) groups excluding carboxylic acids is 1.